The maximum Gasteiger partial charge on any atom is 0.246 e. The lowest BCUT2D eigenvalue weighted by atomic mass is 9.95. The van der Waals surface area contributed by atoms with Gasteiger partial charge in [-0.25, -0.2) is 13.8 Å². The molecule has 0 unspecified atom stereocenters. The fraction of sp³-hybridized carbons (Fsp3) is 0.317. The van der Waals surface area contributed by atoms with E-state index >= 15 is 8.78 Å². The number of halogens is 2. The molecule has 0 fully saturated rings. The predicted octanol–water partition coefficient (Wildman–Crippen LogP) is 6.58. The SMILES string of the molecule is C=CC(=O)N1C[C@H](C)n2nc(-c3nc(-c4cnc5c(c4)CN(CC(=O)N(C)C)CC5)c4ccsc4c3-c3c(F)cc(F)cc3OCc3ccnn3C)cc2[C@H]1C. The van der Waals surface area contributed by atoms with Crippen molar-refractivity contribution in [2.75, 3.05) is 33.7 Å². The molecular formula is C41H41F2N9O3S. The van der Waals surface area contributed by atoms with Crippen molar-refractivity contribution in [3.05, 3.63) is 101 Å². The normalized spacial score (nSPS) is 16.8. The lowest BCUT2D eigenvalue weighted by molar-refractivity contribution is -0.130. The molecule has 5 aromatic heterocycles. The molecule has 2 aliphatic heterocycles. The molecule has 2 atom stereocenters. The quantitative estimate of drug-likeness (QED) is 0.152. The van der Waals surface area contributed by atoms with E-state index in [0.29, 0.717) is 59.1 Å². The minimum Gasteiger partial charge on any atom is -0.486 e. The Bertz CT molecular complexity index is 2520. The number of fused-ring (bicyclic) bond motifs is 3. The first-order valence-electron chi connectivity index (χ1n) is 18.4. The second kappa shape index (κ2) is 14.7. The van der Waals surface area contributed by atoms with Gasteiger partial charge in [0.05, 0.1) is 41.3 Å². The number of amides is 2. The highest BCUT2D eigenvalue weighted by atomic mass is 32.1. The molecule has 7 heterocycles. The van der Waals surface area contributed by atoms with Gasteiger partial charge in [0.2, 0.25) is 11.8 Å². The molecular weight excluding hydrogens is 737 g/mol. The summed E-state index contributed by atoms with van der Waals surface area (Å²) < 4.78 is 42.0. The molecule has 8 rings (SSSR count). The van der Waals surface area contributed by atoms with Gasteiger partial charge in [-0.1, -0.05) is 6.58 Å². The van der Waals surface area contributed by atoms with Gasteiger partial charge in [0, 0.05) is 98.6 Å². The Hall–Kier alpha value is -5.80. The van der Waals surface area contributed by atoms with Gasteiger partial charge in [-0.3, -0.25) is 28.8 Å². The summed E-state index contributed by atoms with van der Waals surface area (Å²) in [4.78, 5) is 41.1. The number of nitrogens with zero attached hydrogens (tertiary/aromatic N) is 9. The van der Waals surface area contributed by atoms with Crippen molar-refractivity contribution >= 4 is 33.2 Å². The van der Waals surface area contributed by atoms with Gasteiger partial charge < -0.3 is 14.5 Å². The van der Waals surface area contributed by atoms with Crippen molar-refractivity contribution in [2.24, 2.45) is 7.05 Å². The van der Waals surface area contributed by atoms with E-state index in [4.69, 9.17) is 19.8 Å². The maximum atomic E-state index is 16.5. The molecule has 0 aliphatic carbocycles. The number of aryl methyl sites for hydroxylation is 1. The fourth-order valence-electron chi connectivity index (χ4n) is 7.61. The number of thiophene rings is 1. The van der Waals surface area contributed by atoms with Crippen molar-refractivity contribution < 1.29 is 23.1 Å². The smallest absolute Gasteiger partial charge is 0.246 e. The van der Waals surface area contributed by atoms with Gasteiger partial charge >= 0.3 is 0 Å². The van der Waals surface area contributed by atoms with Crippen LogP contribution in [0.25, 0.3) is 43.9 Å². The highest BCUT2D eigenvalue weighted by Gasteiger charge is 2.34. The van der Waals surface area contributed by atoms with E-state index < -0.39 is 11.6 Å². The van der Waals surface area contributed by atoms with Crippen LogP contribution < -0.4 is 4.74 Å². The average Bonchev–Trinajstić information content (AvgIpc) is 3.95. The number of pyridine rings is 2. The number of rotatable bonds is 9. The third-order valence-electron chi connectivity index (χ3n) is 10.7. The molecule has 1 aromatic carbocycles. The van der Waals surface area contributed by atoms with Crippen LogP contribution in [-0.2, 0) is 36.2 Å². The summed E-state index contributed by atoms with van der Waals surface area (Å²) in [6, 6.07) is 9.20. The average molecular weight is 778 g/mol. The van der Waals surface area contributed by atoms with Crippen LogP contribution in [0.15, 0.2) is 66.8 Å². The van der Waals surface area contributed by atoms with E-state index in [2.05, 4.69) is 22.6 Å². The molecule has 0 N–H and O–H groups in total. The van der Waals surface area contributed by atoms with Crippen LogP contribution in [0, 0.1) is 11.6 Å². The van der Waals surface area contributed by atoms with Crippen molar-refractivity contribution in [3.63, 3.8) is 0 Å². The zero-order chi connectivity index (χ0) is 39.4. The largest absolute Gasteiger partial charge is 0.486 e. The molecule has 288 valence electrons. The molecule has 0 saturated carbocycles. The van der Waals surface area contributed by atoms with E-state index in [-0.39, 0.29) is 41.8 Å². The van der Waals surface area contributed by atoms with Crippen molar-refractivity contribution in [1.29, 1.82) is 0 Å². The first-order chi connectivity index (χ1) is 26.9. The minimum absolute atomic E-state index is 0.00507. The molecule has 2 aliphatic rings. The van der Waals surface area contributed by atoms with E-state index in [1.807, 2.05) is 42.2 Å². The first kappa shape index (κ1) is 37.1. The Morgan fingerprint density at radius 2 is 1.93 bits per heavy atom. The van der Waals surface area contributed by atoms with Crippen molar-refractivity contribution in [2.45, 2.75) is 45.5 Å². The molecule has 0 radical (unpaired) electrons. The summed E-state index contributed by atoms with van der Waals surface area (Å²) in [5, 5.41) is 11.9. The van der Waals surface area contributed by atoms with Gasteiger partial charge in [-0.05, 0) is 55.1 Å². The van der Waals surface area contributed by atoms with Crippen LogP contribution in [0.3, 0.4) is 0 Å². The number of likely N-dealkylation sites (N-methyl/N-ethyl adjacent to an activating group) is 1. The summed E-state index contributed by atoms with van der Waals surface area (Å²) in [5.74, 6) is -1.75. The van der Waals surface area contributed by atoms with Gasteiger partial charge in [0.15, 0.2) is 0 Å². The van der Waals surface area contributed by atoms with Crippen molar-refractivity contribution in [3.8, 4) is 39.5 Å². The first-order valence-corrected chi connectivity index (χ1v) is 19.2. The molecule has 0 saturated heterocycles. The summed E-state index contributed by atoms with van der Waals surface area (Å²) in [6.45, 7) is 9.62. The van der Waals surface area contributed by atoms with Crippen LogP contribution in [0.5, 0.6) is 5.75 Å². The lowest BCUT2D eigenvalue weighted by Crippen LogP contribution is -2.42. The van der Waals surface area contributed by atoms with Crippen LogP contribution in [0.2, 0.25) is 0 Å². The third-order valence-corrected chi connectivity index (χ3v) is 11.6. The number of ether oxygens (including phenoxy) is 1. The number of benzene rings is 1. The standard InChI is InChI=1S/C41H41F2N9O3S/c1-7-35(53)51-19-23(2)52-33(24(51)3)17-32(47-52)40-38(37-30(43)15-27(42)16-34(37)55-22-28-8-11-45-49(28)6)41-29(10-13-56-41)39(46-40)25-14-26-20-50(21-36(54)48(4)5)12-9-31(26)44-18-25/h7-8,10-11,13-18,23-24H,1,9,12,19-22H2,2-6H3/t23-,24+/m0/s1. The molecule has 2 amide bonds. The maximum absolute atomic E-state index is 16.5. The number of hydrogen-bond donors (Lipinski definition) is 0. The van der Waals surface area contributed by atoms with Gasteiger partial charge in [0.1, 0.15) is 35.4 Å². The molecule has 0 bridgehead atoms. The molecule has 6 aromatic rings. The van der Waals surface area contributed by atoms with Crippen molar-refractivity contribution in [1.82, 2.24) is 44.2 Å². The summed E-state index contributed by atoms with van der Waals surface area (Å²) in [7, 11) is 5.27. The van der Waals surface area contributed by atoms with Crippen LogP contribution in [0.1, 0.15) is 48.6 Å². The van der Waals surface area contributed by atoms with Gasteiger partial charge in [0.25, 0.3) is 0 Å². The van der Waals surface area contributed by atoms with E-state index in [0.717, 1.165) is 40.5 Å². The predicted molar refractivity (Wildman–Crippen MR) is 210 cm³/mol. The summed E-state index contributed by atoms with van der Waals surface area (Å²) in [5.41, 5.74) is 6.11. The van der Waals surface area contributed by atoms with Crippen LogP contribution in [-0.4, -0.2) is 89.8 Å². The van der Waals surface area contributed by atoms with Crippen LogP contribution >= 0.6 is 11.3 Å². The molecule has 15 heteroatoms. The number of carbonyl (C=O) groups is 2. The van der Waals surface area contributed by atoms with E-state index in [1.165, 1.54) is 23.5 Å². The molecule has 12 nitrogen and oxygen atoms in total. The summed E-state index contributed by atoms with van der Waals surface area (Å²) >= 11 is 1.41. The lowest BCUT2D eigenvalue weighted by Gasteiger charge is -2.36. The van der Waals surface area contributed by atoms with Crippen LogP contribution in [0.4, 0.5) is 8.78 Å². The Kier molecular flexibility index (Phi) is 9.74. The number of carbonyl (C=O) groups excluding carboxylic acids is 2. The summed E-state index contributed by atoms with van der Waals surface area (Å²) in [6.07, 6.45) is 5.45. The highest BCUT2D eigenvalue weighted by molar-refractivity contribution is 7.18. The Balaban J connectivity index is 1.32. The molecule has 0 spiro atoms. The second-order valence-corrected chi connectivity index (χ2v) is 15.5. The Morgan fingerprint density at radius 1 is 1.11 bits per heavy atom. The third kappa shape index (κ3) is 6.64. The Morgan fingerprint density at radius 3 is 2.68 bits per heavy atom. The zero-order valence-corrected chi connectivity index (χ0v) is 32.6. The Labute approximate surface area is 326 Å². The molecule has 56 heavy (non-hydrogen) atoms. The second-order valence-electron chi connectivity index (χ2n) is 14.5. The monoisotopic (exact) mass is 777 g/mol. The zero-order valence-electron chi connectivity index (χ0n) is 31.8. The fourth-order valence-corrected chi connectivity index (χ4v) is 8.56. The van der Waals surface area contributed by atoms with E-state index in [1.54, 1.807) is 47.9 Å². The number of hydrogen-bond acceptors (Lipinski definition) is 9. The topological polar surface area (TPSA) is 115 Å². The minimum atomic E-state index is -0.813. The van der Waals surface area contributed by atoms with Gasteiger partial charge in [-0.15, -0.1) is 11.3 Å². The van der Waals surface area contributed by atoms with Gasteiger partial charge in [-0.2, -0.15) is 10.2 Å². The van der Waals surface area contributed by atoms with E-state index in [9.17, 15) is 9.59 Å². The highest BCUT2D eigenvalue weighted by Crippen LogP contribution is 2.48. The number of aromatic nitrogens is 6.